The topological polar surface area (TPSA) is 9.23 Å². The minimum Gasteiger partial charge on any atom is -0.494 e. The average molecular weight is 166 g/mol. The van der Waals surface area contributed by atoms with Crippen molar-refractivity contribution < 1.29 is 4.74 Å². The van der Waals surface area contributed by atoms with Gasteiger partial charge in [-0.3, -0.25) is 0 Å². The van der Waals surface area contributed by atoms with Crippen molar-refractivity contribution in [2.75, 3.05) is 6.61 Å². The number of rotatable bonds is 0. The Morgan fingerprint density at radius 3 is 2.25 bits per heavy atom. The zero-order chi connectivity index (χ0) is 9.35. The van der Waals surface area contributed by atoms with Crippen molar-refractivity contribution in [1.29, 1.82) is 0 Å². The molecule has 0 bridgehead atoms. The maximum Gasteiger partial charge on any atom is 0.110 e. The van der Waals surface area contributed by atoms with E-state index in [0.717, 1.165) is 12.4 Å². The second-order valence-electron chi connectivity index (χ2n) is 4.45. The van der Waals surface area contributed by atoms with Crippen LogP contribution in [0.1, 0.15) is 34.6 Å². The van der Waals surface area contributed by atoms with Crippen molar-refractivity contribution in [1.82, 2.24) is 0 Å². The molecule has 0 saturated heterocycles. The van der Waals surface area contributed by atoms with Crippen molar-refractivity contribution in [2.45, 2.75) is 34.6 Å². The maximum absolute atomic E-state index is 5.54. The molecule has 1 heterocycles. The summed E-state index contributed by atoms with van der Waals surface area (Å²) >= 11 is 0. The van der Waals surface area contributed by atoms with Gasteiger partial charge in [0.25, 0.3) is 0 Å². The molecule has 0 aromatic heterocycles. The summed E-state index contributed by atoms with van der Waals surface area (Å²) in [5.74, 6) is 1.06. The van der Waals surface area contributed by atoms with Crippen LogP contribution in [0.25, 0.3) is 0 Å². The molecule has 0 atom stereocenters. The molecule has 0 radical (unpaired) electrons. The van der Waals surface area contributed by atoms with Gasteiger partial charge in [-0.15, -0.1) is 0 Å². The van der Waals surface area contributed by atoms with Gasteiger partial charge in [-0.25, -0.2) is 0 Å². The summed E-state index contributed by atoms with van der Waals surface area (Å²) in [6.07, 6.45) is 2.25. The van der Waals surface area contributed by atoms with Crippen molar-refractivity contribution in [3.63, 3.8) is 0 Å². The SMILES string of the molecule is CC1=C(C)OCC(C(C)(C)C)=C1. The van der Waals surface area contributed by atoms with E-state index < -0.39 is 0 Å². The quantitative estimate of drug-likeness (QED) is 0.536. The number of hydrogen-bond donors (Lipinski definition) is 0. The molecular weight excluding hydrogens is 148 g/mol. The molecule has 0 N–H and O–H groups in total. The Morgan fingerprint density at radius 2 is 1.83 bits per heavy atom. The Kier molecular flexibility index (Phi) is 2.31. The molecule has 0 aromatic carbocycles. The lowest BCUT2D eigenvalue weighted by Crippen LogP contribution is -2.17. The number of ether oxygens (including phenoxy) is 1. The smallest absolute Gasteiger partial charge is 0.110 e. The summed E-state index contributed by atoms with van der Waals surface area (Å²) in [4.78, 5) is 0. The molecule has 1 nitrogen and oxygen atoms in total. The molecule has 0 amide bonds. The van der Waals surface area contributed by atoms with Crippen LogP contribution in [0.2, 0.25) is 0 Å². The molecule has 68 valence electrons. The lowest BCUT2D eigenvalue weighted by molar-refractivity contribution is 0.213. The predicted molar refractivity (Wildman–Crippen MR) is 51.9 cm³/mol. The fourth-order valence-electron chi connectivity index (χ4n) is 1.14. The predicted octanol–water partition coefficient (Wildman–Crippen LogP) is 3.28. The van der Waals surface area contributed by atoms with Crippen molar-refractivity contribution in [3.8, 4) is 0 Å². The highest BCUT2D eigenvalue weighted by molar-refractivity contribution is 5.30. The molecule has 0 spiro atoms. The molecule has 1 rings (SSSR count). The summed E-state index contributed by atoms with van der Waals surface area (Å²) in [7, 11) is 0. The van der Waals surface area contributed by atoms with Gasteiger partial charge < -0.3 is 4.74 Å². The summed E-state index contributed by atoms with van der Waals surface area (Å²) in [5, 5.41) is 0. The van der Waals surface area contributed by atoms with E-state index in [0.29, 0.717) is 0 Å². The first kappa shape index (κ1) is 9.37. The Balaban J connectivity index is 2.91. The zero-order valence-electron chi connectivity index (χ0n) is 8.69. The molecule has 0 saturated carbocycles. The van der Waals surface area contributed by atoms with Crippen LogP contribution in [-0.4, -0.2) is 6.61 Å². The normalized spacial score (nSPS) is 18.9. The van der Waals surface area contributed by atoms with Gasteiger partial charge in [0.15, 0.2) is 0 Å². The fourth-order valence-corrected chi connectivity index (χ4v) is 1.14. The number of hydrogen-bond acceptors (Lipinski definition) is 1. The molecular formula is C11H18O. The van der Waals surface area contributed by atoms with Crippen molar-refractivity contribution in [3.05, 3.63) is 23.0 Å². The highest BCUT2D eigenvalue weighted by atomic mass is 16.5. The Bertz CT molecular complexity index is 238. The van der Waals surface area contributed by atoms with Gasteiger partial charge in [-0.05, 0) is 30.4 Å². The van der Waals surface area contributed by atoms with E-state index in [1.54, 1.807) is 0 Å². The highest BCUT2D eigenvalue weighted by Gasteiger charge is 2.20. The number of allylic oxidation sites excluding steroid dienone is 3. The van der Waals surface area contributed by atoms with Gasteiger partial charge in [0.05, 0.1) is 5.76 Å². The zero-order valence-corrected chi connectivity index (χ0v) is 8.69. The molecule has 0 fully saturated rings. The third-order valence-corrected chi connectivity index (χ3v) is 2.35. The van der Waals surface area contributed by atoms with E-state index in [9.17, 15) is 0 Å². The van der Waals surface area contributed by atoms with Crippen LogP contribution in [0.3, 0.4) is 0 Å². The van der Waals surface area contributed by atoms with Crippen LogP contribution in [0.5, 0.6) is 0 Å². The highest BCUT2D eigenvalue weighted by Crippen LogP contribution is 2.30. The second kappa shape index (κ2) is 2.96. The van der Waals surface area contributed by atoms with Crippen LogP contribution in [0.4, 0.5) is 0 Å². The monoisotopic (exact) mass is 166 g/mol. The van der Waals surface area contributed by atoms with E-state index >= 15 is 0 Å². The first-order valence-electron chi connectivity index (χ1n) is 4.42. The summed E-state index contributed by atoms with van der Waals surface area (Å²) in [5.41, 5.74) is 2.87. The third kappa shape index (κ3) is 1.90. The maximum atomic E-state index is 5.54. The molecule has 1 aliphatic rings. The van der Waals surface area contributed by atoms with Gasteiger partial charge in [-0.2, -0.15) is 0 Å². The third-order valence-electron chi connectivity index (χ3n) is 2.35. The van der Waals surface area contributed by atoms with E-state index in [1.165, 1.54) is 11.1 Å². The lowest BCUT2D eigenvalue weighted by Gasteiger charge is -2.27. The van der Waals surface area contributed by atoms with Gasteiger partial charge in [0.1, 0.15) is 6.61 Å². The molecule has 12 heavy (non-hydrogen) atoms. The van der Waals surface area contributed by atoms with Crippen LogP contribution in [0.15, 0.2) is 23.0 Å². The summed E-state index contributed by atoms with van der Waals surface area (Å²) in [6.45, 7) is 11.5. The van der Waals surface area contributed by atoms with Crippen LogP contribution >= 0.6 is 0 Å². The van der Waals surface area contributed by atoms with E-state index in [1.807, 2.05) is 6.92 Å². The molecule has 1 heteroatoms. The second-order valence-corrected chi connectivity index (χ2v) is 4.45. The molecule has 1 aliphatic heterocycles. The Hall–Kier alpha value is -0.720. The molecule has 0 aromatic rings. The molecule has 0 unspecified atom stereocenters. The Labute approximate surface area is 75.1 Å². The van der Waals surface area contributed by atoms with Crippen LogP contribution in [-0.2, 0) is 4.74 Å². The van der Waals surface area contributed by atoms with Crippen LogP contribution in [0, 0.1) is 5.41 Å². The van der Waals surface area contributed by atoms with E-state index in [2.05, 4.69) is 33.8 Å². The van der Waals surface area contributed by atoms with E-state index in [4.69, 9.17) is 4.74 Å². The summed E-state index contributed by atoms with van der Waals surface area (Å²) < 4.78 is 5.54. The van der Waals surface area contributed by atoms with Crippen molar-refractivity contribution in [2.24, 2.45) is 5.41 Å². The largest absolute Gasteiger partial charge is 0.494 e. The standard InChI is InChI=1S/C11H18O/c1-8-6-10(11(3,4)5)7-12-9(8)2/h6H,7H2,1-5H3. The minimum absolute atomic E-state index is 0.238. The van der Waals surface area contributed by atoms with Gasteiger partial charge in [0, 0.05) is 0 Å². The minimum atomic E-state index is 0.238. The summed E-state index contributed by atoms with van der Waals surface area (Å²) in [6, 6.07) is 0. The fraction of sp³-hybridized carbons (Fsp3) is 0.636. The van der Waals surface area contributed by atoms with E-state index in [-0.39, 0.29) is 5.41 Å². The first-order valence-corrected chi connectivity index (χ1v) is 4.42. The average Bonchev–Trinajstić information content (AvgIpc) is 1.92. The van der Waals surface area contributed by atoms with Gasteiger partial charge in [0.2, 0.25) is 0 Å². The van der Waals surface area contributed by atoms with Gasteiger partial charge in [-0.1, -0.05) is 26.8 Å². The van der Waals surface area contributed by atoms with Gasteiger partial charge >= 0.3 is 0 Å². The molecule has 0 aliphatic carbocycles. The van der Waals surface area contributed by atoms with Crippen LogP contribution < -0.4 is 0 Å². The lowest BCUT2D eigenvalue weighted by atomic mass is 9.85. The Morgan fingerprint density at radius 1 is 1.25 bits per heavy atom. The first-order chi connectivity index (χ1) is 5.41. The van der Waals surface area contributed by atoms with Crippen molar-refractivity contribution >= 4 is 0 Å².